The van der Waals surface area contributed by atoms with Crippen LogP contribution in [0.25, 0.3) is 0 Å². The van der Waals surface area contributed by atoms with Crippen molar-refractivity contribution in [3.05, 3.63) is 23.8 Å². The Morgan fingerprint density at radius 1 is 1.24 bits per heavy atom. The van der Waals surface area contributed by atoms with E-state index in [9.17, 15) is 9.59 Å². The molecule has 0 heterocycles. The number of likely N-dealkylation sites (N-methyl/N-ethyl adjacent to an activating group) is 1. The summed E-state index contributed by atoms with van der Waals surface area (Å²) in [7, 11) is 1.93. The highest BCUT2D eigenvalue weighted by Gasteiger charge is 2.08. The molecule has 5 heteroatoms. The third-order valence-corrected chi connectivity index (χ3v) is 3.03. The monoisotopic (exact) mass is 297 g/mol. The molecule has 0 aliphatic carbocycles. The molecule has 0 aromatic rings. The average molecular weight is 297 g/mol. The SMILES string of the molecule is C=C(C(=O)NCCN(CC)CC)/C(C)=C/C=O.CCNC. The van der Waals surface area contributed by atoms with E-state index in [1.165, 1.54) is 6.08 Å². The average Bonchev–Trinajstić information content (AvgIpc) is 2.51. The van der Waals surface area contributed by atoms with Crippen molar-refractivity contribution in [1.29, 1.82) is 0 Å². The second-order valence-corrected chi connectivity index (χ2v) is 4.45. The molecule has 0 spiro atoms. The van der Waals surface area contributed by atoms with Crippen molar-refractivity contribution in [2.45, 2.75) is 27.7 Å². The van der Waals surface area contributed by atoms with Gasteiger partial charge in [-0.2, -0.15) is 0 Å². The van der Waals surface area contributed by atoms with Crippen molar-refractivity contribution in [3.63, 3.8) is 0 Å². The van der Waals surface area contributed by atoms with Gasteiger partial charge < -0.3 is 15.5 Å². The number of amides is 1. The van der Waals surface area contributed by atoms with Crippen LogP contribution in [0.3, 0.4) is 0 Å². The van der Waals surface area contributed by atoms with Crippen LogP contribution in [0.5, 0.6) is 0 Å². The molecule has 0 radical (unpaired) electrons. The lowest BCUT2D eigenvalue weighted by Gasteiger charge is -2.18. The molecule has 5 nitrogen and oxygen atoms in total. The van der Waals surface area contributed by atoms with Crippen LogP contribution >= 0.6 is 0 Å². The molecule has 21 heavy (non-hydrogen) atoms. The van der Waals surface area contributed by atoms with E-state index in [1.54, 1.807) is 6.92 Å². The first-order chi connectivity index (χ1) is 9.98. The van der Waals surface area contributed by atoms with E-state index < -0.39 is 0 Å². The van der Waals surface area contributed by atoms with Gasteiger partial charge in [-0.1, -0.05) is 27.4 Å². The molecular weight excluding hydrogens is 266 g/mol. The maximum Gasteiger partial charge on any atom is 0.250 e. The van der Waals surface area contributed by atoms with Crippen molar-refractivity contribution in [2.24, 2.45) is 0 Å². The Morgan fingerprint density at radius 2 is 1.76 bits per heavy atom. The van der Waals surface area contributed by atoms with Gasteiger partial charge in [0.05, 0.1) is 0 Å². The van der Waals surface area contributed by atoms with Gasteiger partial charge in [-0.3, -0.25) is 9.59 Å². The zero-order chi connectivity index (χ0) is 16.7. The molecule has 0 bridgehead atoms. The maximum atomic E-state index is 11.6. The van der Waals surface area contributed by atoms with Crippen LogP contribution in [0, 0.1) is 0 Å². The van der Waals surface area contributed by atoms with Gasteiger partial charge in [-0.15, -0.1) is 0 Å². The molecule has 0 unspecified atom stereocenters. The molecule has 0 fully saturated rings. The lowest BCUT2D eigenvalue weighted by atomic mass is 10.1. The zero-order valence-electron chi connectivity index (χ0n) is 14.2. The summed E-state index contributed by atoms with van der Waals surface area (Å²) >= 11 is 0. The summed E-state index contributed by atoms with van der Waals surface area (Å²) in [5.41, 5.74) is 0.942. The van der Waals surface area contributed by atoms with Gasteiger partial charge in [-0.05, 0) is 45.3 Å². The summed E-state index contributed by atoms with van der Waals surface area (Å²) in [4.78, 5) is 24.1. The number of hydrogen-bond donors (Lipinski definition) is 2. The minimum Gasteiger partial charge on any atom is -0.351 e. The third kappa shape index (κ3) is 12.0. The van der Waals surface area contributed by atoms with Crippen molar-refractivity contribution in [1.82, 2.24) is 15.5 Å². The summed E-state index contributed by atoms with van der Waals surface area (Å²) in [6.07, 6.45) is 2.00. The van der Waals surface area contributed by atoms with Crippen LogP contribution in [-0.2, 0) is 9.59 Å². The van der Waals surface area contributed by atoms with Crippen molar-refractivity contribution in [3.8, 4) is 0 Å². The Hall–Kier alpha value is -1.46. The highest BCUT2D eigenvalue weighted by atomic mass is 16.1. The second kappa shape index (κ2) is 14.9. The first-order valence-electron chi connectivity index (χ1n) is 7.44. The van der Waals surface area contributed by atoms with Gasteiger partial charge in [0.25, 0.3) is 5.91 Å². The number of aldehydes is 1. The molecule has 0 atom stereocenters. The lowest BCUT2D eigenvalue weighted by molar-refractivity contribution is -0.117. The molecule has 0 saturated carbocycles. The van der Waals surface area contributed by atoms with Gasteiger partial charge in [0.1, 0.15) is 6.29 Å². The van der Waals surface area contributed by atoms with E-state index in [0.29, 0.717) is 24.0 Å². The molecule has 0 rings (SSSR count). The molecule has 0 aliphatic heterocycles. The molecule has 0 aliphatic rings. The third-order valence-electron chi connectivity index (χ3n) is 3.03. The van der Waals surface area contributed by atoms with Gasteiger partial charge in [0.15, 0.2) is 0 Å². The number of nitrogens with zero attached hydrogens (tertiary/aromatic N) is 1. The Bertz CT molecular complexity index is 332. The Balaban J connectivity index is 0. The van der Waals surface area contributed by atoms with E-state index in [0.717, 1.165) is 26.2 Å². The van der Waals surface area contributed by atoms with Crippen molar-refractivity contribution >= 4 is 12.2 Å². The standard InChI is InChI=1S/C13H22N2O2.C3H9N/c1-5-15(6-2)9-8-14-13(17)12(4)11(3)7-10-16;1-3-4-2/h7,10H,4-6,8-9H2,1-3H3,(H,14,17);4H,3H2,1-2H3/b11-7+;. The number of hydrogen-bond acceptors (Lipinski definition) is 4. The van der Waals surface area contributed by atoms with Crippen LogP contribution in [0.2, 0.25) is 0 Å². The molecule has 0 aromatic carbocycles. The van der Waals surface area contributed by atoms with Crippen LogP contribution < -0.4 is 10.6 Å². The van der Waals surface area contributed by atoms with E-state index >= 15 is 0 Å². The summed E-state index contributed by atoms with van der Waals surface area (Å²) < 4.78 is 0. The normalized spacial score (nSPS) is 10.7. The van der Waals surface area contributed by atoms with Crippen LogP contribution in [0.1, 0.15) is 27.7 Å². The summed E-state index contributed by atoms with van der Waals surface area (Å²) in [5.74, 6) is -0.215. The predicted molar refractivity (Wildman–Crippen MR) is 89.4 cm³/mol. The van der Waals surface area contributed by atoms with E-state index in [4.69, 9.17) is 0 Å². The van der Waals surface area contributed by atoms with E-state index in [-0.39, 0.29) is 5.91 Å². The number of nitrogens with one attached hydrogen (secondary N) is 2. The lowest BCUT2D eigenvalue weighted by Crippen LogP contribution is -2.35. The minimum atomic E-state index is -0.215. The highest BCUT2D eigenvalue weighted by molar-refractivity contribution is 5.97. The molecule has 0 saturated heterocycles. The van der Waals surface area contributed by atoms with Gasteiger partial charge in [0, 0.05) is 18.7 Å². The number of carbonyl (C=O) groups excluding carboxylic acids is 2. The second-order valence-electron chi connectivity index (χ2n) is 4.45. The zero-order valence-corrected chi connectivity index (χ0v) is 14.2. The van der Waals surface area contributed by atoms with Gasteiger partial charge in [0.2, 0.25) is 0 Å². The maximum absolute atomic E-state index is 11.6. The fourth-order valence-corrected chi connectivity index (χ4v) is 1.36. The number of allylic oxidation sites excluding steroid dienone is 1. The van der Waals surface area contributed by atoms with Gasteiger partial charge >= 0.3 is 0 Å². The molecule has 1 amide bonds. The smallest absolute Gasteiger partial charge is 0.250 e. The summed E-state index contributed by atoms with van der Waals surface area (Å²) in [5, 5.41) is 5.71. The first-order valence-corrected chi connectivity index (χ1v) is 7.44. The molecular formula is C16H31N3O2. The Kier molecular flexibility index (Phi) is 15.5. The van der Waals surface area contributed by atoms with Crippen LogP contribution in [0.4, 0.5) is 0 Å². The fourth-order valence-electron chi connectivity index (χ4n) is 1.36. The largest absolute Gasteiger partial charge is 0.351 e. The molecule has 0 aromatic heterocycles. The summed E-state index contributed by atoms with van der Waals surface area (Å²) in [6.45, 7) is 16.0. The van der Waals surface area contributed by atoms with Crippen molar-refractivity contribution < 1.29 is 9.59 Å². The van der Waals surface area contributed by atoms with E-state index in [1.807, 2.05) is 7.05 Å². The summed E-state index contributed by atoms with van der Waals surface area (Å²) in [6, 6.07) is 0. The highest BCUT2D eigenvalue weighted by Crippen LogP contribution is 2.05. The predicted octanol–water partition coefficient (Wildman–Crippen LogP) is 1.37. The fraction of sp³-hybridized carbons (Fsp3) is 0.625. The Morgan fingerprint density at radius 3 is 2.14 bits per heavy atom. The first kappa shape index (κ1) is 21.8. The van der Waals surface area contributed by atoms with Crippen LogP contribution in [-0.4, -0.2) is 56.9 Å². The number of rotatable bonds is 9. The molecule has 2 N–H and O–H groups in total. The topological polar surface area (TPSA) is 61.4 Å². The van der Waals surface area contributed by atoms with Crippen molar-refractivity contribution in [2.75, 3.05) is 39.8 Å². The quantitative estimate of drug-likeness (QED) is 0.383. The Labute approximate surface area is 129 Å². The van der Waals surface area contributed by atoms with E-state index in [2.05, 4.69) is 42.9 Å². The van der Waals surface area contributed by atoms with Gasteiger partial charge in [-0.25, -0.2) is 0 Å². The number of carbonyl (C=O) groups is 2. The minimum absolute atomic E-state index is 0.215. The molecule has 122 valence electrons. The van der Waals surface area contributed by atoms with Crippen LogP contribution in [0.15, 0.2) is 23.8 Å².